The highest BCUT2D eigenvalue weighted by Gasteiger charge is 2.26. The Kier molecular flexibility index (Phi) is 4.20. The Labute approximate surface area is 114 Å². The minimum absolute atomic E-state index is 0.170. The summed E-state index contributed by atoms with van der Waals surface area (Å²) in [6, 6.07) is 7.42. The van der Waals surface area contributed by atoms with Crippen molar-refractivity contribution in [1.82, 2.24) is 5.32 Å². The Hall–Kier alpha value is -1.42. The van der Waals surface area contributed by atoms with Crippen molar-refractivity contribution < 1.29 is 4.92 Å². The van der Waals surface area contributed by atoms with E-state index in [0.717, 1.165) is 5.56 Å². The van der Waals surface area contributed by atoms with Crippen LogP contribution >= 0.6 is 0 Å². The maximum Gasteiger partial charge on any atom is 0.269 e. The predicted molar refractivity (Wildman–Crippen MR) is 76.0 cm³/mol. The third-order valence-corrected chi connectivity index (χ3v) is 4.06. The highest BCUT2D eigenvalue weighted by atomic mass is 16.6. The topological polar surface area (TPSA) is 55.2 Å². The van der Waals surface area contributed by atoms with Crippen molar-refractivity contribution in [2.75, 3.05) is 0 Å². The van der Waals surface area contributed by atoms with E-state index in [1.807, 2.05) is 6.07 Å². The van der Waals surface area contributed by atoms with Crippen molar-refractivity contribution in [1.29, 1.82) is 0 Å². The summed E-state index contributed by atoms with van der Waals surface area (Å²) in [5.41, 5.74) is 1.63. The van der Waals surface area contributed by atoms with Crippen LogP contribution in [0.1, 0.15) is 45.1 Å². The van der Waals surface area contributed by atoms with Crippen LogP contribution in [0.2, 0.25) is 0 Å². The fourth-order valence-electron chi connectivity index (χ4n) is 2.65. The van der Waals surface area contributed by atoms with Gasteiger partial charge >= 0.3 is 0 Å². The predicted octanol–water partition coefficient (Wildman–Crippen LogP) is 3.65. The molecular weight excluding hydrogens is 240 g/mol. The van der Waals surface area contributed by atoms with Gasteiger partial charge in [-0.05, 0) is 36.7 Å². The second-order valence-corrected chi connectivity index (χ2v) is 6.25. The summed E-state index contributed by atoms with van der Waals surface area (Å²) >= 11 is 0. The molecular formula is C15H22N2O2. The van der Waals surface area contributed by atoms with Crippen molar-refractivity contribution >= 4 is 5.69 Å². The summed E-state index contributed by atoms with van der Waals surface area (Å²) in [7, 11) is 0. The molecule has 1 aromatic carbocycles. The van der Waals surface area contributed by atoms with Gasteiger partial charge in [0.2, 0.25) is 0 Å². The molecule has 0 bridgehead atoms. The molecule has 0 aliphatic heterocycles. The zero-order valence-corrected chi connectivity index (χ0v) is 11.7. The number of hydrogen-bond acceptors (Lipinski definition) is 3. The van der Waals surface area contributed by atoms with Crippen LogP contribution in [0.25, 0.3) is 0 Å². The number of nitrogens with one attached hydrogen (secondary N) is 1. The molecule has 0 unspecified atom stereocenters. The van der Waals surface area contributed by atoms with Crippen molar-refractivity contribution in [2.45, 2.75) is 52.1 Å². The van der Waals surface area contributed by atoms with Crippen LogP contribution in [0.5, 0.6) is 0 Å². The van der Waals surface area contributed by atoms with Gasteiger partial charge in [-0.15, -0.1) is 0 Å². The first-order valence-electron chi connectivity index (χ1n) is 6.93. The SMILES string of the molecule is CC1(C)CCC(NCc2cccc([N+](=O)[O-])c2)CC1. The van der Waals surface area contributed by atoms with E-state index in [1.165, 1.54) is 31.7 Å². The Morgan fingerprint density at radius 3 is 2.68 bits per heavy atom. The molecule has 19 heavy (non-hydrogen) atoms. The van der Waals surface area contributed by atoms with Gasteiger partial charge < -0.3 is 5.32 Å². The molecule has 0 heterocycles. The molecule has 0 saturated heterocycles. The fraction of sp³-hybridized carbons (Fsp3) is 0.600. The molecule has 0 aromatic heterocycles. The summed E-state index contributed by atoms with van der Waals surface area (Å²) in [4.78, 5) is 10.4. The average Bonchev–Trinajstić information content (AvgIpc) is 2.38. The monoisotopic (exact) mass is 262 g/mol. The van der Waals surface area contributed by atoms with Crippen LogP contribution < -0.4 is 5.32 Å². The molecule has 2 rings (SSSR count). The van der Waals surface area contributed by atoms with Gasteiger partial charge in [-0.1, -0.05) is 26.0 Å². The van der Waals surface area contributed by atoms with Gasteiger partial charge in [0.25, 0.3) is 5.69 Å². The number of nitro groups is 1. The minimum Gasteiger partial charge on any atom is -0.310 e. The lowest BCUT2D eigenvalue weighted by Crippen LogP contribution is -2.35. The zero-order chi connectivity index (χ0) is 13.9. The molecule has 1 N–H and O–H groups in total. The maximum atomic E-state index is 10.7. The van der Waals surface area contributed by atoms with E-state index in [1.54, 1.807) is 12.1 Å². The summed E-state index contributed by atoms with van der Waals surface area (Å²) in [5.74, 6) is 0. The van der Waals surface area contributed by atoms with Gasteiger partial charge in [-0.3, -0.25) is 10.1 Å². The van der Waals surface area contributed by atoms with Gasteiger partial charge in [-0.25, -0.2) is 0 Å². The first-order valence-corrected chi connectivity index (χ1v) is 6.93. The Morgan fingerprint density at radius 2 is 2.05 bits per heavy atom. The summed E-state index contributed by atoms with van der Waals surface area (Å²) < 4.78 is 0. The Morgan fingerprint density at radius 1 is 1.37 bits per heavy atom. The smallest absolute Gasteiger partial charge is 0.269 e. The van der Waals surface area contributed by atoms with E-state index in [4.69, 9.17) is 0 Å². The van der Waals surface area contributed by atoms with Crippen molar-refractivity contribution in [3.63, 3.8) is 0 Å². The van der Waals surface area contributed by atoms with Gasteiger partial charge in [0.1, 0.15) is 0 Å². The molecule has 0 amide bonds. The second kappa shape index (κ2) is 5.70. The van der Waals surface area contributed by atoms with Crippen LogP contribution in [0.4, 0.5) is 5.69 Å². The number of nitro benzene ring substituents is 1. The number of hydrogen-bond donors (Lipinski definition) is 1. The molecule has 4 nitrogen and oxygen atoms in total. The largest absolute Gasteiger partial charge is 0.310 e. The van der Waals surface area contributed by atoms with Gasteiger partial charge in [0.05, 0.1) is 4.92 Å². The van der Waals surface area contributed by atoms with Gasteiger partial charge in [0.15, 0.2) is 0 Å². The van der Waals surface area contributed by atoms with E-state index < -0.39 is 0 Å². The second-order valence-electron chi connectivity index (χ2n) is 6.25. The normalized spacial score (nSPS) is 19.3. The molecule has 0 atom stereocenters. The maximum absolute atomic E-state index is 10.7. The quantitative estimate of drug-likeness (QED) is 0.665. The highest BCUT2D eigenvalue weighted by molar-refractivity contribution is 5.34. The van der Waals surface area contributed by atoms with E-state index in [2.05, 4.69) is 19.2 Å². The number of non-ortho nitro benzene ring substituents is 1. The first-order chi connectivity index (χ1) is 8.96. The molecule has 1 fully saturated rings. The van der Waals surface area contributed by atoms with Crippen LogP contribution in [0.3, 0.4) is 0 Å². The Bertz CT molecular complexity index is 447. The Balaban J connectivity index is 1.86. The first kappa shape index (κ1) is 14.0. The van der Waals surface area contributed by atoms with Crippen LogP contribution in [-0.4, -0.2) is 11.0 Å². The molecule has 1 aliphatic carbocycles. The molecule has 1 aliphatic rings. The van der Waals surface area contributed by atoms with Gasteiger partial charge in [0, 0.05) is 24.7 Å². The molecule has 1 aromatic rings. The lowest BCUT2D eigenvalue weighted by molar-refractivity contribution is -0.384. The minimum atomic E-state index is -0.341. The van der Waals surface area contributed by atoms with E-state index in [0.29, 0.717) is 18.0 Å². The molecule has 1 saturated carbocycles. The fourth-order valence-corrected chi connectivity index (χ4v) is 2.65. The van der Waals surface area contributed by atoms with Crippen molar-refractivity contribution in [2.24, 2.45) is 5.41 Å². The van der Waals surface area contributed by atoms with Crippen LogP contribution in [-0.2, 0) is 6.54 Å². The van der Waals surface area contributed by atoms with E-state index >= 15 is 0 Å². The molecule has 4 heteroatoms. The number of benzene rings is 1. The highest BCUT2D eigenvalue weighted by Crippen LogP contribution is 2.35. The molecule has 0 spiro atoms. The van der Waals surface area contributed by atoms with Crippen LogP contribution in [0.15, 0.2) is 24.3 Å². The summed E-state index contributed by atoms with van der Waals surface area (Å²) in [6.07, 6.45) is 4.89. The average molecular weight is 262 g/mol. The van der Waals surface area contributed by atoms with Crippen molar-refractivity contribution in [3.8, 4) is 0 Å². The third-order valence-electron chi connectivity index (χ3n) is 4.06. The summed E-state index contributed by atoms with van der Waals surface area (Å²) in [5, 5.41) is 14.2. The van der Waals surface area contributed by atoms with E-state index in [-0.39, 0.29) is 10.6 Å². The molecule has 0 radical (unpaired) electrons. The zero-order valence-electron chi connectivity index (χ0n) is 11.7. The lowest BCUT2D eigenvalue weighted by atomic mass is 9.75. The summed E-state index contributed by atoms with van der Waals surface area (Å²) in [6.45, 7) is 5.36. The van der Waals surface area contributed by atoms with Crippen molar-refractivity contribution in [3.05, 3.63) is 39.9 Å². The standard InChI is InChI=1S/C15H22N2O2/c1-15(2)8-6-13(7-9-15)16-11-12-4-3-5-14(10-12)17(18)19/h3-5,10,13,16H,6-9,11H2,1-2H3. The van der Waals surface area contributed by atoms with E-state index in [9.17, 15) is 10.1 Å². The number of rotatable bonds is 4. The van der Waals surface area contributed by atoms with Crippen LogP contribution in [0, 0.1) is 15.5 Å². The third kappa shape index (κ3) is 4.03. The van der Waals surface area contributed by atoms with Gasteiger partial charge in [-0.2, -0.15) is 0 Å². The lowest BCUT2D eigenvalue weighted by Gasteiger charge is -2.34. The number of nitrogens with zero attached hydrogens (tertiary/aromatic N) is 1. The molecule has 104 valence electrons.